The molecule has 0 heterocycles. The third-order valence-corrected chi connectivity index (χ3v) is 2.62. The average molecular weight is 273 g/mol. The second kappa shape index (κ2) is 7.20. The van der Waals surface area contributed by atoms with Crippen LogP contribution in [0.3, 0.4) is 0 Å². The molecule has 1 aromatic carbocycles. The molecule has 100 valence electrons. The van der Waals surface area contributed by atoms with Crippen molar-refractivity contribution in [1.29, 1.82) is 0 Å². The molecule has 0 fully saturated rings. The lowest BCUT2D eigenvalue weighted by Crippen LogP contribution is -2.29. The number of halogens is 1. The zero-order valence-electron chi connectivity index (χ0n) is 10.1. The summed E-state index contributed by atoms with van der Waals surface area (Å²) in [6.07, 6.45) is -0.174. The van der Waals surface area contributed by atoms with E-state index < -0.39 is 6.10 Å². The minimum absolute atomic E-state index is 0.245. The van der Waals surface area contributed by atoms with Gasteiger partial charge in [0.15, 0.2) is 0 Å². The summed E-state index contributed by atoms with van der Waals surface area (Å²) in [6.45, 7) is 0.588. The maximum Gasteiger partial charge on any atom is 0.253 e. The topological polar surface area (TPSA) is 84.6 Å². The Bertz CT molecular complexity index is 412. The normalized spacial score (nSPS) is 12.2. The van der Waals surface area contributed by atoms with E-state index in [9.17, 15) is 9.90 Å². The van der Waals surface area contributed by atoms with Gasteiger partial charge in [0.2, 0.25) is 0 Å². The first-order valence-electron chi connectivity index (χ1n) is 5.54. The van der Waals surface area contributed by atoms with E-state index in [1.54, 1.807) is 12.1 Å². The number of nitrogen functional groups attached to an aromatic ring is 1. The van der Waals surface area contributed by atoms with E-state index >= 15 is 0 Å². The maximum atomic E-state index is 11.8. The van der Waals surface area contributed by atoms with Crippen LogP contribution in [0.5, 0.6) is 0 Å². The number of anilines is 1. The number of nitrogens with two attached hydrogens (primary N) is 1. The lowest BCUT2D eigenvalue weighted by atomic mass is 10.1. The fraction of sp³-hybridized carbons (Fsp3) is 0.417. The summed E-state index contributed by atoms with van der Waals surface area (Å²) >= 11 is 5.79. The highest BCUT2D eigenvalue weighted by atomic mass is 35.5. The van der Waals surface area contributed by atoms with E-state index in [-0.39, 0.29) is 12.5 Å². The fourth-order valence-electron chi connectivity index (χ4n) is 1.45. The first-order chi connectivity index (χ1) is 8.54. The van der Waals surface area contributed by atoms with E-state index in [0.717, 1.165) is 0 Å². The molecule has 1 amide bonds. The van der Waals surface area contributed by atoms with Crippen molar-refractivity contribution in [1.82, 2.24) is 5.32 Å². The molecule has 0 aliphatic carbocycles. The summed E-state index contributed by atoms with van der Waals surface area (Å²) in [6, 6.07) is 4.71. The summed E-state index contributed by atoms with van der Waals surface area (Å²) in [5.74, 6) is -0.306. The van der Waals surface area contributed by atoms with Crippen molar-refractivity contribution in [3.8, 4) is 0 Å². The number of rotatable bonds is 6. The number of benzene rings is 1. The third-order valence-electron chi connectivity index (χ3n) is 2.38. The fourth-order valence-corrected chi connectivity index (χ4v) is 1.62. The first-order valence-corrected chi connectivity index (χ1v) is 5.92. The zero-order chi connectivity index (χ0) is 13.5. The molecule has 0 bridgehead atoms. The highest BCUT2D eigenvalue weighted by Gasteiger charge is 2.10. The number of aliphatic hydroxyl groups excluding tert-OH is 1. The maximum absolute atomic E-state index is 11.8. The van der Waals surface area contributed by atoms with Crippen LogP contribution in [0, 0.1) is 0 Å². The number of carbonyl (C=O) groups is 1. The second-order valence-corrected chi connectivity index (χ2v) is 4.32. The van der Waals surface area contributed by atoms with E-state index in [1.165, 1.54) is 13.2 Å². The van der Waals surface area contributed by atoms with Crippen LogP contribution in [0.15, 0.2) is 18.2 Å². The molecule has 1 unspecified atom stereocenters. The molecule has 0 saturated carbocycles. The molecule has 1 rings (SSSR count). The van der Waals surface area contributed by atoms with Crippen molar-refractivity contribution in [2.45, 2.75) is 12.5 Å². The van der Waals surface area contributed by atoms with E-state index in [4.69, 9.17) is 22.1 Å². The van der Waals surface area contributed by atoms with E-state index in [0.29, 0.717) is 29.2 Å². The number of hydrogen-bond donors (Lipinski definition) is 3. The smallest absolute Gasteiger partial charge is 0.253 e. The molecular weight excluding hydrogens is 256 g/mol. The van der Waals surface area contributed by atoms with Crippen molar-refractivity contribution >= 4 is 23.2 Å². The molecule has 0 saturated heterocycles. The number of amides is 1. The Balaban J connectivity index is 2.48. The Morgan fingerprint density at radius 3 is 3.00 bits per heavy atom. The molecule has 0 aliphatic rings. The van der Waals surface area contributed by atoms with Crippen molar-refractivity contribution in [2.75, 3.05) is 26.0 Å². The van der Waals surface area contributed by atoms with Gasteiger partial charge in [-0.1, -0.05) is 11.6 Å². The SMILES string of the molecule is COCC(O)CCNC(=O)c1cc(Cl)ccc1N. The molecule has 18 heavy (non-hydrogen) atoms. The van der Waals surface area contributed by atoms with Crippen LogP contribution in [0.25, 0.3) is 0 Å². The first kappa shape index (κ1) is 14.8. The van der Waals surface area contributed by atoms with Crippen LogP contribution in [0.1, 0.15) is 16.8 Å². The predicted molar refractivity (Wildman–Crippen MR) is 70.7 cm³/mol. The molecule has 1 aromatic rings. The Labute approximate surface area is 111 Å². The summed E-state index contributed by atoms with van der Waals surface area (Å²) in [5, 5.41) is 12.5. The number of carbonyl (C=O) groups excluding carboxylic acids is 1. The summed E-state index contributed by atoms with van der Waals surface area (Å²) < 4.78 is 4.78. The van der Waals surface area contributed by atoms with E-state index in [1.807, 2.05) is 0 Å². The minimum Gasteiger partial charge on any atom is -0.398 e. The van der Waals surface area contributed by atoms with Gasteiger partial charge in [-0.25, -0.2) is 0 Å². The number of aliphatic hydroxyl groups is 1. The standard InChI is InChI=1S/C12H17ClN2O3/c1-18-7-9(16)4-5-15-12(17)10-6-8(13)2-3-11(10)14/h2-3,6,9,16H,4-5,7,14H2,1H3,(H,15,17). The van der Waals surface area contributed by atoms with Crippen LogP contribution in [-0.2, 0) is 4.74 Å². The third kappa shape index (κ3) is 4.52. The summed E-state index contributed by atoms with van der Waals surface area (Å²) in [4.78, 5) is 11.8. The quantitative estimate of drug-likeness (QED) is 0.676. The Morgan fingerprint density at radius 2 is 2.33 bits per heavy atom. The van der Waals surface area contributed by atoms with Gasteiger partial charge in [-0.3, -0.25) is 4.79 Å². The predicted octanol–water partition coefficient (Wildman–Crippen LogP) is 1.05. The van der Waals surface area contributed by atoms with Crippen LogP contribution >= 0.6 is 11.6 Å². The monoisotopic (exact) mass is 272 g/mol. The molecule has 0 aromatic heterocycles. The van der Waals surface area contributed by atoms with Crippen LogP contribution in [-0.4, -0.2) is 37.4 Å². The Kier molecular flexibility index (Phi) is 5.91. The lowest BCUT2D eigenvalue weighted by molar-refractivity contribution is 0.0588. The van der Waals surface area contributed by atoms with Gasteiger partial charge in [-0.05, 0) is 24.6 Å². The van der Waals surface area contributed by atoms with Gasteiger partial charge in [0.25, 0.3) is 5.91 Å². The highest BCUT2D eigenvalue weighted by molar-refractivity contribution is 6.31. The molecule has 6 heteroatoms. The van der Waals surface area contributed by atoms with Crippen molar-refractivity contribution in [3.05, 3.63) is 28.8 Å². The average Bonchev–Trinajstić information content (AvgIpc) is 2.32. The zero-order valence-corrected chi connectivity index (χ0v) is 10.9. The number of methoxy groups -OCH3 is 1. The molecular formula is C12H17ClN2O3. The molecule has 0 aliphatic heterocycles. The number of nitrogens with one attached hydrogen (secondary N) is 1. The van der Waals surface area contributed by atoms with Gasteiger partial charge in [-0.15, -0.1) is 0 Å². The molecule has 1 atom stereocenters. The summed E-state index contributed by atoms with van der Waals surface area (Å²) in [7, 11) is 1.51. The Morgan fingerprint density at radius 1 is 1.61 bits per heavy atom. The van der Waals surface area contributed by atoms with Gasteiger partial charge in [0.05, 0.1) is 18.3 Å². The molecule has 0 spiro atoms. The second-order valence-electron chi connectivity index (χ2n) is 3.89. The largest absolute Gasteiger partial charge is 0.398 e. The van der Waals surface area contributed by atoms with Gasteiger partial charge in [-0.2, -0.15) is 0 Å². The van der Waals surface area contributed by atoms with Gasteiger partial charge in [0, 0.05) is 24.4 Å². The van der Waals surface area contributed by atoms with Gasteiger partial charge in [0.1, 0.15) is 0 Å². The van der Waals surface area contributed by atoms with Crippen molar-refractivity contribution < 1.29 is 14.6 Å². The van der Waals surface area contributed by atoms with Gasteiger partial charge < -0.3 is 20.9 Å². The molecule has 5 nitrogen and oxygen atoms in total. The number of ether oxygens (including phenoxy) is 1. The Hall–Kier alpha value is -1.30. The van der Waals surface area contributed by atoms with Crippen LogP contribution < -0.4 is 11.1 Å². The summed E-state index contributed by atoms with van der Waals surface area (Å²) in [5.41, 5.74) is 6.39. The molecule has 4 N–H and O–H groups in total. The van der Waals surface area contributed by atoms with Crippen molar-refractivity contribution in [3.63, 3.8) is 0 Å². The minimum atomic E-state index is -0.591. The van der Waals surface area contributed by atoms with Crippen LogP contribution in [0.4, 0.5) is 5.69 Å². The number of hydrogen-bond acceptors (Lipinski definition) is 4. The van der Waals surface area contributed by atoms with Crippen LogP contribution in [0.2, 0.25) is 5.02 Å². The lowest BCUT2D eigenvalue weighted by Gasteiger charge is -2.11. The molecule has 0 radical (unpaired) electrons. The van der Waals surface area contributed by atoms with Crippen molar-refractivity contribution in [2.24, 2.45) is 0 Å². The van der Waals surface area contributed by atoms with E-state index in [2.05, 4.69) is 5.32 Å². The van der Waals surface area contributed by atoms with Gasteiger partial charge >= 0.3 is 0 Å². The highest BCUT2D eigenvalue weighted by Crippen LogP contribution is 2.17.